The summed E-state index contributed by atoms with van der Waals surface area (Å²) in [6.45, 7) is 1.89. The second-order valence-electron chi connectivity index (χ2n) is 17.0. The molecule has 0 heterocycles. The van der Waals surface area contributed by atoms with Crippen molar-refractivity contribution in [3.05, 3.63) is 263 Å². The van der Waals surface area contributed by atoms with Gasteiger partial charge in [-0.15, -0.1) is 4.33 Å². The molecule has 0 aliphatic heterocycles. The summed E-state index contributed by atoms with van der Waals surface area (Å²) < 4.78 is 90.0. The van der Waals surface area contributed by atoms with Crippen LogP contribution in [0.4, 0.5) is 0 Å². The Morgan fingerprint density at radius 2 is 1.00 bits per heavy atom. The van der Waals surface area contributed by atoms with Crippen LogP contribution in [0.2, 0.25) is 0 Å². The van der Waals surface area contributed by atoms with Crippen LogP contribution in [0.3, 0.4) is 0 Å². The van der Waals surface area contributed by atoms with Gasteiger partial charge in [-0.2, -0.15) is 8.42 Å². The summed E-state index contributed by atoms with van der Waals surface area (Å²) in [6, 6.07) is 63.5. The molecule has 0 saturated carbocycles. The first-order valence-electron chi connectivity index (χ1n) is 23.1. The van der Waals surface area contributed by atoms with E-state index in [0.29, 0.717) is 45.5 Å². The highest BCUT2D eigenvalue weighted by atomic mass is 32.2. The molecule has 0 spiro atoms. The van der Waals surface area contributed by atoms with Gasteiger partial charge in [0.25, 0.3) is 10.1 Å². The highest BCUT2D eigenvalue weighted by molar-refractivity contribution is 7.94. The third-order valence-electron chi connectivity index (χ3n) is 12.3. The van der Waals surface area contributed by atoms with E-state index in [4.69, 9.17) is 28.5 Å². The average molecular weight is 1060 g/mol. The van der Waals surface area contributed by atoms with Gasteiger partial charge in [0, 0.05) is 21.6 Å². The van der Waals surface area contributed by atoms with Crippen molar-refractivity contribution in [3.63, 3.8) is 0 Å². The van der Waals surface area contributed by atoms with Gasteiger partial charge in [0.2, 0.25) is 9.84 Å². The standard InChI is InChI=1S/C59H46O13S3/c1-40-13-32-53(33-14-40)74(62,63)54-34-30-51(31-35-54)69-50-24-20-47(21-25-50)59(44-9-5-3-6-10-44,45-11-7-4-8-12-45)46-18-22-49(23-19-46)68-39-43-16-15-41(37-56(43)73-72-71-61)58(60)42-17-36-55(57(38-42)75(64,65)66)70-52-28-26-48(67-2)27-29-52/h3-38,61H,39H2,1-2H3,(H,64,65,66). The Morgan fingerprint density at radius 3 is 1.55 bits per heavy atom. The van der Waals surface area contributed by atoms with E-state index in [1.54, 1.807) is 66.7 Å². The topological polar surface area (TPSA) is 181 Å². The number of hydrogen-bond acceptors (Lipinski definition) is 13. The van der Waals surface area contributed by atoms with Crippen LogP contribution in [-0.2, 0) is 41.3 Å². The van der Waals surface area contributed by atoms with Gasteiger partial charge in [0.05, 0.1) is 34.4 Å². The van der Waals surface area contributed by atoms with Crippen LogP contribution in [-0.4, -0.2) is 39.5 Å². The third-order valence-corrected chi connectivity index (χ3v) is 15.7. The zero-order valence-corrected chi connectivity index (χ0v) is 42.6. The molecule has 2 N–H and O–H groups in total. The summed E-state index contributed by atoms with van der Waals surface area (Å²) >= 11 is 0.623. The van der Waals surface area contributed by atoms with Crippen LogP contribution in [0.15, 0.2) is 238 Å². The van der Waals surface area contributed by atoms with E-state index in [9.17, 15) is 26.2 Å². The number of ketones is 1. The van der Waals surface area contributed by atoms with E-state index in [2.05, 4.69) is 29.3 Å². The van der Waals surface area contributed by atoms with E-state index in [0.717, 1.165) is 33.9 Å². The number of aryl methyl sites for hydroxylation is 1. The molecule has 0 aromatic heterocycles. The van der Waals surface area contributed by atoms with E-state index in [1.165, 1.54) is 43.5 Å². The first-order valence-corrected chi connectivity index (χ1v) is 26.7. The normalized spacial score (nSPS) is 11.7. The van der Waals surface area contributed by atoms with Crippen molar-refractivity contribution in [2.24, 2.45) is 0 Å². The molecule has 0 fully saturated rings. The minimum atomic E-state index is -4.85. The predicted octanol–water partition coefficient (Wildman–Crippen LogP) is 13.3. The highest BCUT2D eigenvalue weighted by Gasteiger charge is 2.38. The number of sulfone groups is 1. The van der Waals surface area contributed by atoms with Crippen molar-refractivity contribution >= 4 is 37.8 Å². The molecule has 0 amide bonds. The average Bonchev–Trinajstić information content (AvgIpc) is 3.44. The quantitative estimate of drug-likeness (QED) is 0.0184. The van der Waals surface area contributed by atoms with Crippen LogP contribution < -0.4 is 18.9 Å². The Hall–Kier alpha value is -8.06. The van der Waals surface area contributed by atoms with Crippen LogP contribution in [0, 0.1) is 6.92 Å². The maximum absolute atomic E-state index is 13.9. The number of rotatable bonds is 20. The van der Waals surface area contributed by atoms with Gasteiger partial charge in [-0.05, 0) is 138 Å². The molecule has 9 aromatic rings. The molecule has 16 heteroatoms. The molecule has 75 heavy (non-hydrogen) atoms. The summed E-state index contributed by atoms with van der Waals surface area (Å²) in [7, 11) is -7.06. The van der Waals surface area contributed by atoms with E-state index >= 15 is 0 Å². The van der Waals surface area contributed by atoms with Crippen LogP contribution in [0.25, 0.3) is 0 Å². The van der Waals surface area contributed by atoms with Gasteiger partial charge in [0.1, 0.15) is 46.0 Å². The first-order chi connectivity index (χ1) is 36.3. The van der Waals surface area contributed by atoms with Gasteiger partial charge in [-0.25, -0.2) is 13.7 Å². The number of carbonyl (C=O) groups is 1. The minimum absolute atomic E-state index is 0.00942. The van der Waals surface area contributed by atoms with Crippen molar-refractivity contribution in [2.45, 2.75) is 38.5 Å². The number of benzene rings is 9. The molecule has 13 nitrogen and oxygen atoms in total. The fraction of sp³-hybridized carbons (Fsp3) is 0.0678. The molecular formula is C59H46O13S3. The SMILES string of the molecule is COc1ccc(Oc2ccc(C(=O)c3ccc(COc4ccc(C(c5ccccc5)(c5ccccc5)c5ccc(Oc6ccc(S(=O)(=O)c7ccc(C)cc7)cc6)cc5)cc4)c(SOOO)c3)cc2S(=O)(=O)O)cc1. The van der Waals surface area contributed by atoms with Crippen LogP contribution in [0.5, 0.6) is 34.5 Å². The van der Waals surface area contributed by atoms with Gasteiger partial charge in [0.15, 0.2) is 5.78 Å². The Balaban J connectivity index is 0.963. The van der Waals surface area contributed by atoms with Crippen molar-refractivity contribution in [3.8, 4) is 34.5 Å². The lowest BCUT2D eigenvalue weighted by Crippen LogP contribution is -2.30. The molecule has 0 aliphatic carbocycles. The molecule has 0 unspecified atom stereocenters. The van der Waals surface area contributed by atoms with E-state index in [-0.39, 0.29) is 39.0 Å². The summed E-state index contributed by atoms with van der Waals surface area (Å²) in [6.07, 6.45) is 0. The monoisotopic (exact) mass is 1060 g/mol. The summed E-state index contributed by atoms with van der Waals surface area (Å²) in [5, 5.41) is 13.0. The van der Waals surface area contributed by atoms with Gasteiger partial charge in [-0.3, -0.25) is 9.35 Å². The second-order valence-corrected chi connectivity index (χ2v) is 21.1. The lowest BCUT2D eigenvalue weighted by atomic mass is 9.65. The highest BCUT2D eigenvalue weighted by Crippen LogP contribution is 2.46. The zero-order valence-electron chi connectivity index (χ0n) is 40.1. The minimum Gasteiger partial charge on any atom is -0.497 e. The van der Waals surface area contributed by atoms with Crippen LogP contribution >= 0.6 is 12.0 Å². The Kier molecular flexibility index (Phi) is 15.6. The maximum Gasteiger partial charge on any atom is 0.298 e. The number of methoxy groups -OCH3 is 1. The Morgan fingerprint density at radius 1 is 0.533 bits per heavy atom. The number of hydrogen-bond donors (Lipinski definition) is 2. The molecule has 0 saturated heterocycles. The lowest BCUT2D eigenvalue weighted by molar-refractivity contribution is -0.432. The van der Waals surface area contributed by atoms with Gasteiger partial charge < -0.3 is 18.9 Å². The van der Waals surface area contributed by atoms with Crippen LogP contribution in [0.1, 0.15) is 49.3 Å². The van der Waals surface area contributed by atoms with Gasteiger partial charge in [-0.1, -0.05) is 120 Å². The van der Waals surface area contributed by atoms with Crippen molar-refractivity contribution < 1.29 is 59.8 Å². The lowest BCUT2D eigenvalue weighted by Gasteiger charge is -2.37. The van der Waals surface area contributed by atoms with Crippen molar-refractivity contribution in [1.82, 2.24) is 0 Å². The Labute approximate surface area is 438 Å². The molecular weight excluding hydrogens is 1010 g/mol. The molecule has 378 valence electrons. The summed E-state index contributed by atoms with van der Waals surface area (Å²) in [5.74, 6) is 1.56. The molecule has 0 bridgehead atoms. The van der Waals surface area contributed by atoms with Crippen molar-refractivity contribution in [2.75, 3.05) is 7.11 Å². The van der Waals surface area contributed by atoms with Gasteiger partial charge >= 0.3 is 0 Å². The molecule has 9 aromatic carbocycles. The zero-order chi connectivity index (χ0) is 52.6. The molecule has 0 radical (unpaired) electrons. The fourth-order valence-electron chi connectivity index (χ4n) is 8.61. The Bertz CT molecular complexity index is 3610. The third kappa shape index (κ3) is 11.5. The maximum atomic E-state index is 13.9. The van der Waals surface area contributed by atoms with E-state index in [1.807, 2.05) is 91.9 Å². The number of carbonyl (C=O) groups excluding carboxylic acids is 1. The second kappa shape index (κ2) is 22.6. The smallest absolute Gasteiger partial charge is 0.298 e. The molecule has 9 rings (SSSR count). The fourth-order valence-corrected chi connectivity index (χ4v) is 11.0. The van der Waals surface area contributed by atoms with Crippen molar-refractivity contribution in [1.29, 1.82) is 0 Å². The first kappa shape index (κ1) is 51.8. The summed E-state index contributed by atoms with van der Waals surface area (Å²) in [5.41, 5.74) is 4.61. The molecule has 0 atom stereocenters. The van der Waals surface area contributed by atoms with E-state index < -0.39 is 36.0 Å². The number of ether oxygens (including phenoxy) is 4. The summed E-state index contributed by atoms with van der Waals surface area (Å²) in [4.78, 5) is 14.0. The largest absolute Gasteiger partial charge is 0.497 e. The molecule has 0 aliphatic rings. The predicted molar refractivity (Wildman–Crippen MR) is 282 cm³/mol.